The van der Waals surface area contributed by atoms with E-state index in [0.717, 1.165) is 24.1 Å². The smallest absolute Gasteiger partial charge is 0.323 e. The number of para-hydroxylation sites is 2. The molecule has 6 nitrogen and oxygen atoms in total. The molecule has 2 atom stereocenters. The molecule has 1 heterocycles. The minimum atomic E-state index is -0.654. The quantitative estimate of drug-likeness (QED) is 0.524. The molecule has 33 heavy (non-hydrogen) atoms. The predicted molar refractivity (Wildman–Crippen MR) is 131 cm³/mol. The van der Waals surface area contributed by atoms with Crippen LogP contribution in [0.4, 0.5) is 5.69 Å². The average molecular weight is 453 g/mol. The standard InChI is InChI=1S/C27H36N2O4/c1-5-7-10-22(27(31)32-6-2)28-23-18-33-25-12-9-8-11-24(25)29(26(23)30)17-20-13-15-21(16-14-20)19(3)4/h8-9,11-16,19,22-23,28H,5-7,10,17-18H2,1-4H3/t22-,23?/m0/s1. The van der Waals surface area contributed by atoms with Crippen LogP contribution in [0.3, 0.4) is 0 Å². The van der Waals surface area contributed by atoms with Crippen molar-refractivity contribution in [1.29, 1.82) is 0 Å². The second-order valence-electron chi connectivity index (χ2n) is 8.77. The summed E-state index contributed by atoms with van der Waals surface area (Å²) >= 11 is 0. The molecule has 0 spiro atoms. The van der Waals surface area contributed by atoms with Gasteiger partial charge in [-0.3, -0.25) is 14.9 Å². The summed E-state index contributed by atoms with van der Waals surface area (Å²) in [4.78, 5) is 28.0. The maximum Gasteiger partial charge on any atom is 0.323 e. The van der Waals surface area contributed by atoms with Gasteiger partial charge in [-0.1, -0.05) is 70.0 Å². The second-order valence-corrected chi connectivity index (χ2v) is 8.77. The van der Waals surface area contributed by atoms with Gasteiger partial charge in [-0.15, -0.1) is 0 Å². The van der Waals surface area contributed by atoms with E-state index in [1.165, 1.54) is 5.56 Å². The van der Waals surface area contributed by atoms with Gasteiger partial charge in [0.15, 0.2) is 0 Å². The third-order valence-corrected chi connectivity index (χ3v) is 5.93. The van der Waals surface area contributed by atoms with E-state index in [-0.39, 0.29) is 18.5 Å². The number of ether oxygens (including phenoxy) is 2. The van der Waals surface area contributed by atoms with Gasteiger partial charge in [-0.05, 0) is 42.5 Å². The number of fused-ring (bicyclic) bond motifs is 1. The largest absolute Gasteiger partial charge is 0.489 e. The number of hydrogen-bond donors (Lipinski definition) is 1. The number of hydrogen-bond acceptors (Lipinski definition) is 5. The molecule has 0 saturated heterocycles. The van der Waals surface area contributed by atoms with Gasteiger partial charge < -0.3 is 14.4 Å². The van der Waals surface area contributed by atoms with Crippen molar-refractivity contribution >= 4 is 17.6 Å². The van der Waals surface area contributed by atoms with Gasteiger partial charge in [-0.2, -0.15) is 0 Å². The molecule has 2 aromatic rings. The Morgan fingerprint density at radius 2 is 1.88 bits per heavy atom. The van der Waals surface area contributed by atoms with Gasteiger partial charge in [0.2, 0.25) is 5.91 Å². The molecular formula is C27H36N2O4. The first-order valence-electron chi connectivity index (χ1n) is 12.0. The first-order chi connectivity index (χ1) is 15.9. The molecule has 1 aliphatic rings. The summed E-state index contributed by atoms with van der Waals surface area (Å²) in [6.07, 6.45) is 2.43. The Labute approximate surface area is 197 Å². The Bertz CT molecular complexity index is 926. The summed E-state index contributed by atoms with van der Waals surface area (Å²) in [6, 6.07) is 14.7. The average Bonchev–Trinajstić information content (AvgIpc) is 2.94. The van der Waals surface area contributed by atoms with E-state index in [9.17, 15) is 9.59 Å². The van der Waals surface area contributed by atoms with Gasteiger partial charge >= 0.3 is 5.97 Å². The molecule has 0 aliphatic carbocycles. The monoisotopic (exact) mass is 452 g/mol. The fraction of sp³-hybridized carbons (Fsp3) is 0.481. The number of nitrogens with one attached hydrogen (secondary N) is 1. The molecule has 1 unspecified atom stereocenters. The third kappa shape index (κ3) is 6.35. The highest BCUT2D eigenvalue weighted by Crippen LogP contribution is 2.32. The fourth-order valence-electron chi connectivity index (χ4n) is 3.99. The number of amides is 1. The second kappa shape index (κ2) is 11.8. The van der Waals surface area contributed by atoms with Crippen molar-refractivity contribution in [2.24, 2.45) is 0 Å². The van der Waals surface area contributed by atoms with Crippen molar-refractivity contribution < 1.29 is 19.1 Å². The highest BCUT2D eigenvalue weighted by Gasteiger charge is 2.34. The normalized spacial score (nSPS) is 16.7. The summed E-state index contributed by atoms with van der Waals surface area (Å²) in [6.45, 7) is 9.08. The van der Waals surface area contributed by atoms with Crippen LogP contribution in [0.5, 0.6) is 5.75 Å². The van der Waals surface area contributed by atoms with Crippen LogP contribution in [0.15, 0.2) is 48.5 Å². The predicted octanol–water partition coefficient (Wildman–Crippen LogP) is 4.82. The van der Waals surface area contributed by atoms with Crippen molar-refractivity contribution in [3.63, 3.8) is 0 Å². The zero-order valence-electron chi connectivity index (χ0n) is 20.2. The zero-order valence-corrected chi connectivity index (χ0v) is 20.2. The van der Waals surface area contributed by atoms with Crippen LogP contribution < -0.4 is 15.0 Å². The minimum Gasteiger partial charge on any atom is -0.489 e. The Kier molecular flexibility index (Phi) is 8.89. The molecule has 3 rings (SSSR count). The van der Waals surface area contributed by atoms with Gasteiger partial charge in [0.25, 0.3) is 0 Å². The SMILES string of the molecule is CCCC[C@H](NC1COc2ccccc2N(Cc2ccc(C(C)C)cc2)C1=O)C(=O)OCC. The zero-order chi connectivity index (χ0) is 23.8. The number of nitrogens with zero attached hydrogens (tertiary/aromatic N) is 1. The number of unbranched alkanes of at least 4 members (excludes halogenated alkanes) is 1. The van der Waals surface area contributed by atoms with E-state index >= 15 is 0 Å². The Morgan fingerprint density at radius 3 is 2.55 bits per heavy atom. The van der Waals surface area contributed by atoms with E-state index in [1.54, 1.807) is 11.8 Å². The lowest BCUT2D eigenvalue weighted by molar-refractivity contribution is -0.146. The molecule has 0 bridgehead atoms. The first-order valence-corrected chi connectivity index (χ1v) is 12.0. The first kappa shape index (κ1) is 24.8. The lowest BCUT2D eigenvalue weighted by Crippen LogP contribution is -2.54. The van der Waals surface area contributed by atoms with Crippen LogP contribution >= 0.6 is 0 Å². The van der Waals surface area contributed by atoms with Crippen molar-refractivity contribution in [3.8, 4) is 5.75 Å². The van der Waals surface area contributed by atoms with Crippen LogP contribution in [0.2, 0.25) is 0 Å². The Hall–Kier alpha value is -2.86. The lowest BCUT2D eigenvalue weighted by Gasteiger charge is -2.27. The molecule has 6 heteroatoms. The Morgan fingerprint density at radius 1 is 1.15 bits per heavy atom. The van der Waals surface area contributed by atoms with E-state index in [1.807, 2.05) is 24.3 Å². The van der Waals surface area contributed by atoms with Gasteiger partial charge in [0.1, 0.15) is 24.4 Å². The third-order valence-electron chi connectivity index (χ3n) is 5.93. The van der Waals surface area contributed by atoms with Crippen LogP contribution in [0, 0.1) is 0 Å². The van der Waals surface area contributed by atoms with Gasteiger partial charge in [0.05, 0.1) is 18.8 Å². The highest BCUT2D eigenvalue weighted by molar-refractivity contribution is 5.99. The molecule has 1 aliphatic heterocycles. The summed E-state index contributed by atoms with van der Waals surface area (Å²) in [5, 5.41) is 3.25. The summed E-state index contributed by atoms with van der Waals surface area (Å²) in [5.41, 5.74) is 3.04. The van der Waals surface area contributed by atoms with Gasteiger partial charge in [-0.25, -0.2) is 0 Å². The number of benzene rings is 2. The molecule has 0 saturated carbocycles. The van der Waals surface area contributed by atoms with Crippen molar-refractivity contribution in [1.82, 2.24) is 5.32 Å². The molecule has 1 N–H and O–H groups in total. The number of rotatable bonds is 10. The maximum atomic E-state index is 13.7. The Balaban J connectivity index is 1.86. The molecule has 2 aromatic carbocycles. The van der Waals surface area contributed by atoms with Crippen LogP contribution in [-0.4, -0.2) is 37.2 Å². The maximum absolute atomic E-state index is 13.7. The lowest BCUT2D eigenvalue weighted by atomic mass is 10.0. The molecule has 178 valence electrons. The van der Waals surface area contributed by atoms with Crippen LogP contribution in [0.1, 0.15) is 64.0 Å². The fourth-order valence-corrected chi connectivity index (χ4v) is 3.99. The summed E-state index contributed by atoms with van der Waals surface area (Å²) in [5.74, 6) is 0.676. The summed E-state index contributed by atoms with van der Waals surface area (Å²) < 4.78 is 11.3. The number of anilines is 1. The van der Waals surface area contributed by atoms with Crippen molar-refractivity contribution in [2.45, 2.75) is 71.5 Å². The molecular weight excluding hydrogens is 416 g/mol. The van der Waals surface area contributed by atoms with E-state index in [2.05, 4.69) is 50.4 Å². The minimum absolute atomic E-state index is 0.112. The summed E-state index contributed by atoms with van der Waals surface area (Å²) in [7, 11) is 0. The molecule has 0 radical (unpaired) electrons. The van der Waals surface area contributed by atoms with Crippen LogP contribution in [-0.2, 0) is 20.9 Å². The number of carbonyl (C=O) groups excluding carboxylic acids is 2. The van der Waals surface area contributed by atoms with E-state index in [0.29, 0.717) is 31.2 Å². The van der Waals surface area contributed by atoms with Crippen LogP contribution in [0.25, 0.3) is 0 Å². The molecule has 0 fully saturated rings. The highest BCUT2D eigenvalue weighted by atomic mass is 16.5. The van der Waals surface area contributed by atoms with Crippen molar-refractivity contribution in [3.05, 3.63) is 59.7 Å². The number of esters is 1. The van der Waals surface area contributed by atoms with Crippen molar-refractivity contribution in [2.75, 3.05) is 18.1 Å². The van der Waals surface area contributed by atoms with Gasteiger partial charge in [0, 0.05) is 0 Å². The number of carbonyl (C=O) groups is 2. The van der Waals surface area contributed by atoms with E-state index < -0.39 is 12.1 Å². The molecule has 1 amide bonds. The molecule has 0 aromatic heterocycles. The topological polar surface area (TPSA) is 67.9 Å². The van der Waals surface area contributed by atoms with E-state index in [4.69, 9.17) is 9.47 Å².